The third-order valence-electron chi connectivity index (χ3n) is 2.82. The topological polar surface area (TPSA) is 66.6 Å². The van der Waals surface area contributed by atoms with Crippen LogP contribution in [0.15, 0.2) is 53.1 Å². The lowest BCUT2D eigenvalue weighted by Crippen LogP contribution is -2.05. The van der Waals surface area contributed by atoms with E-state index in [-0.39, 0.29) is 5.69 Å². The molecule has 0 unspecified atom stereocenters. The molecule has 0 aliphatic rings. The summed E-state index contributed by atoms with van der Waals surface area (Å²) in [5.74, 6) is -0.706. The molecule has 0 fully saturated rings. The molecule has 0 bridgehead atoms. The Morgan fingerprint density at radius 3 is 2.85 bits per heavy atom. The van der Waals surface area contributed by atoms with E-state index in [0.717, 1.165) is 10.2 Å². The fraction of sp³-hybridized carbons (Fsp3) is 0. The van der Waals surface area contributed by atoms with Gasteiger partial charge in [-0.25, -0.2) is 9.78 Å². The number of nitrogens with one attached hydrogen (secondary N) is 1. The molecule has 2 N–H and O–H groups in total. The fourth-order valence-corrected chi connectivity index (χ4v) is 2.39. The van der Waals surface area contributed by atoms with E-state index in [0.29, 0.717) is 11.5 Å². The smallest absolute Gasteiger partial charge is 0.356 e. The van der Waals surface area contributed by atoms with Gasteiger partial charge in [-0.1, -0.05) is 28.1 Å². The van der Waals surface area contributed by atoms with Gasteiger partial charge in [0.1, 0.15) is 5.65 Å². The molecular weight excluding hydrogens is 322 g/mol. The molecular formula is C14H10BrN3O2. The SMILES string of the molecule is O=C(O)c1c(Nc2cccc(Br)c2)nc2ccccn12. The summed E-state index contributed by atoms with van der Waals surface area (Å²) in [5, 5.41) is 12.4. The second-order valence-corrected chi connectivity index (χ2v) is 5.09. The second kappa shape index (κ2) is 4.97. The molecule has 2 aromatic heterocycles. The number of rotatable bonds is 3. The number of anilines is 2. The highest BCUT2D eigenvalue weighted by molar-refractivity contribution is 9.10. The predicted molar refractivity (Wildman–Crippen MR) is 79.6 cm³/mol. The number of hydrogen-bond donors (Lipinski definition) is 2. The summed E-state index contributed by atoms with van der Waals surface area (Å²) in [5.41, 5.74) is 1.47. The quantitative estimate of drug-likeness (QED) is 0.770. The summed E-state index contributed by atoms with van der Waals surface area (Å²) in [6, 6.07) is 12.8. The first-order valence-corrected chi connectivity index (χ1v) is 6.67. The number of hydrogen-bond acceptors (Lipinski definition) is 3. The Morgan fingerprint density at radius 1 is 1.25 bits per heavy atom. The summed E-state index contributed by atoms with van der Waals surface area (Å²) in [6.07, 6.45) is 1.68. The number of imidazole rings is 1. The minimum atomic E-state index is -1.03. The summed E-state index contributed by atoms with van der Waals surface area (Å²) >= 11 is 3.38. The van der Waals surface area contributed by atoms with Gasteiger partial charge in [0.15, 0.2) is 11.5 Å². The standard InChI is InChI=1S/C14H10BrN3O2/c15-9-4-3-5-10(8-9)16-13-12(14(19)20)18-7-2-1-6-11(18)17-13/h1-8,16H,(H,19,20). The molecule has 0 aliphatic carbocycles. The third-order valence-corrected chi connectivity index (χ3v) is 3.31. The number of pyridine rings is 1. The second-order valence-electron chi connectivity index (χ2n) is 4.18. The zero-order chi connectivity index (χ0) is 14.1. The minimum absolute atomic E-state index is 0.112. The third kappa shape index (κ3) is 2.25. The highest BCUT2D eigenvalue weighted by Crippen LogP contribution is 2.24. The van der Waals surface area contributed by atoms with E-state index in [1.165, 1.54) is 0 Å². The maximum absolute atomic E-state index is 11.4. The Labute approximate surface area is 123 Å². The average Bonchev–Trinajstić information content (AvgIpc) is 2.76. The first kappa shape index (κ1) is 12.7. The van der Waals surface area contributed by atoms with Crippen LogP contribution in [-0.2, 0) is 0 Å². The number of nitrogens with zero attached hydrogens (tertiary/aromatic N) is 2. The highest BCUT2D eigenvalue weighted by atomic mass is 79.9. The van der Waals surface area contributed by atoms with Gasteiger partial charge in [0.2, 0.25) is 0 Å². The number of halogens is 1. The van der Waals surface area contributed by atoms with Gasteiger partial charge in [0, 0.05) is 16.4 Å². The molecule has 100 valence electrons. The zero-order valence-corrected chi connectivity index (χ0v) is 11.8. The van der Waals surface area contributed by atoms with Gasteiger partial charge in [0.25, 0.3) is 0 Å². The van der Waals surface area contributed by atoms with Crippen LogP contribution in [0.25, 0.3) is 5.65 Å². The van der Waals surface area contributed by atoms with Gasteiger partial charge in [-0.05, 0) is 30.3 Å². The molecule has 2 heterocycles. The molecule has 0 amide bonds. The first-order valence-electron chi connectivity index (χ1n) is 5.88. The number of carboxylic acids is 1. The van der Waals surface area contributed by atoms with Crippen LogP contribution in [-0.4, -0.2) is 20.5 Å². The number of fused-ring (bicyclic) bond motifs is 1. The van der Waals surface area contributed by atoms with Crippen molar-refractivity contribution in [3.8, 4) is 0 Å². The van der Waals surface area contributed by atoms with Crippen LogP contribution in [0, 0.1) is 0 Å². The predicted octanol–water partition coefficient (Wildman–Crippen LogP) is 3.54. The van der Waals surface area contributed by atoms with Crippen LogP contribution in [0.3, 0.4) is 0 Å². The van der Waals surface area contributed by atoms with Crippen LogP contribution in [0.2, 0.25) is 0 Å². The molecule has 0 aliphatic heterocycles. The minimum Gasteiger partial charge on any atom is -0.476 e. The van der Waals surface area contributed by atoms with Crippen molar-refractivity contribution >= 4 is 39.1 Å². The van der Waals surface area contributed by atoms with E-state index in [9.17, 15) is 9.90 Å². The summed E-state index contributed by atoms with van der Waals surface area (Å²) in [6.45, 7) is 0. The van der Waals surface area contributed by atoms with E-state index in [1.54, 1.807) is 22.7 Å². The molecule has 3 rings (SSSR count). The Hall–Kier alpha value is -2.34. The lowest BCUT2D eigenvalue weighted by atomic mass is 10.3. The van der Waals surface area contributed by atoms with Crippen molar-refractivity contribution in [3.05, 3.63) is 58.8 Å². The molecule has 0 saturated carbocycles. The first-order chi connectivity index (χ1) is 9.65. The van der Waals surface area contributed by atoms with Crippen LogP contribution in [0.4, 0.5) is 11.5 Å². The number of carbonyl (C=O) groups is 1. The normalized spacial score (nSPS) is 10.7. The number of carboxylic acid groups (broad SMARTS) is 1. The molecule has 0 saturated heterocycles. The molecule has 0 radical (unpaired) electrons. The number of benzene rings is 1. The van der Waals surface area contributed by atoms with E-state index in [1.807, 2.05) is 30.3 Å². The van der Waals surface area contributed by atoms with E-state index >= 15 is 0 Å². The molecule has 6 heteroatoms. The average molecular weight is 332 g/mol. The number of aromatic nitrogens is 2. The summed E-state index contributed by atoms with van der Waals surface area (Å²) < 4.78 is 2.45. The van der Waals surface area contributed by atoms with Gasteiger partial charge in [-0.3, -0.25) is 4.40 Å². The largest absolute Gasteiger partial charge is 0.476 e. The molecule has 3 aromatic rings. The van der Waals surface area contributed by atoms with Gasteiger partial charge in [-0.2, -0.15) is 0 Å². The Bertz CT molecular complexity index is 798. The lowest BCUT2D eigenvalue weighted by Gasteiger charge is -2.04. The monoisotopic (exact) mass is 331 g/mol. The molecule has 0 spiro atoms. The van der Waals surface area contributed by atoms with E-state index in [2.05, 4.69) is 26.2 Å². The van der Waals surface area contributed by atoms with Crippen LogP contribution < -0.4 is 5.32 Å². The van der Waals surface area contributed by atoms with E-state index in [4.69, 9.17) is 0 Å². The molecule has 0 atom stereocenters. The molecule has 20 heavy (non-hydrogen) atoms. The zero-order valence-electron chi connectivity index (χ0n) is 10.2. The van der Waals surface area contributed by atoms with Crippen molar-refractivity contribution in [2.45, 2.75) is 0 Å². The van der Waals surface area contributed by atoms with E-state index < -0.39 is 5.97 Å². The van der Waals surface area contributed by atoms with Crippen molar-refractivity contribution in [3.63, 3.8) is 0 Å². The van der Waals surface area contributed by atoms with Crippen molar-refractivity contribution in [1.82, 2.24) is 9.38 Å². The van der Waals surface area contributed by atoms with Gasteiger partial charge < -0.3 is 10.4 Å². The fourth-order valence-electron chi connectivity index (χ4n) is 1.99. The van der Waals surface area contributed by atoms with Crippen LogP contribution in [0.1, 0.15) is 10.5 Å². The Balaban J connectivity index is 2.11. The maximum atomic E-state index is 11.4. The van der Waals surface area contributed by atoms with Gasteiger partial charge in [0.05, 0.1) is 0 Å². The molecule has 1 aromatic carbocycles. The lowest BCUT2D eigenvalue weighted by molar-refractivity contribution is 0.0690. The molecule has 5 nitrogen and oxygen atoms in total. The summed E-state index contributed by atoms with van der Waals surface area (Å²) in [7, 11) is 0. The van der Waals surface area contributed by atoms with Crippen molar-refractivity contribution in [2.75, 3.05) is 5.32 Å². The van der Waals surface area contributed by atoms with Crippen LogP contribution >= 0.6 is 15.9 Å². The van der Waals surface area contributed by atoms with Gasteiger partial charge in [-0.15, -0.1) is 0 Å². The Morgan fingerprint density at radius 2 is 2.10 bits per heavy atom. The van der Waals surface area contributed by atoms with Crippen molar-refractivity contribution < 1.29 is 9.90 Å². The van der Waals surface area contributed by atoms with Crippen molar-refractivity contribution in [2.24, 2.45) is 0 Å². The summed E-state index contributed by atoms with van der Waals surface area (Å²) in [4.78, 5) is 15.8. The van der Waals surface area contributed by atoms with Gasteiger partial charge >= 0.3 is 5.97 Å². The van der Waals surface area contributed by atoms with Crippen LogP contribution in [0.5, 0.6) is 0 Å². The highest BCUT2D eigenvalue weighted by Gasteiger charge is 2.18. The maximum Gasteiger partial charge on any atom is 0.356 e. The number of aromatic carboxylic acids is 1. The van der Waals surface area contributed by atoms with Crippen molar-refractivity contribution in [1.29, 1.82) is 0 Å². The Kier molecular flexibility index (Phi) is 3.15.